The number of alkyl halides is 1. The first-order valence-electron chi connectivity index (χ1n) is 8.78. The van der Waals surface area contributed by atoms with Crippen LogP contribution in [0.25, 0.3) is 0 Å². The molecular weight excluding hydrogens is 313 g/mol. The van der Waals surface area contributed by atoms with Gasteiger partial charge in [0, 0.05) is 37.0 Å². The van der Waals surface area contributed by atoms with E-state index in [9.17, 15) is 9.18 Å². The van der Waals surface area contributed by atoms with Crippen LogP contribution in [0, 0.1) is 5.92 Å². The van der Waals surface area contributed by atoms with E-state index in [4.69, 9.17) is 0 Å². The van der Waals surface area contributed by atoms with Gasteiger partial charge in [0.2, 0.25) is 5.91 Å². The molecule has 3 heterocycles. The summed E-state index contributed by atoms with van der Waals surface area (Å²) in [5.74, 6) is 0.415. The minimum atomic E-state index is -0.508. The van der Waals surface area contributed by atoms with Gasteiger partial charge in [0.05, 0.1) is 11.6 Å². The molecule has 2 saturated heterocycles. The summed E-state index contributed by atoms with van der Waals surface area (Å²) in [6.07, 6.45) is 5.32. The van der Waals surface area contributed by atoms with Crippen LogP contribution in [0.1, 0.15) is 54.1 Å². The van der Waals surface area contributed by atoms with Gasteiger partial charge >= 0.3 is 0 Å². The van der Waals surface area contributed by atoms with Gasteiger partial charge in [-0.15, -0.1) is 11.3 Å². The number of piperidine rings is 1. The van der Waals surface area contributed by atoms with Gasteiger partial charge in [-0.1, -0.05) is 13.3 Å². The van der Waals surface area contributed by atoms with Crippen molar-refractivity contribution in [1.29, 1.82) is 0 Å². The molecule has 6 heteroatoms. The standard InChI is InChI=1S/C17H26FN3OS/c1-2-6-14-16(23-15(9-18)20-14)12-10-19-11-13(12)17(22)21-7-4-3-5-8-21/h12-13,19H,2-11H2,1H3/t12-,13?/m1/s1. The first-order chi connectivity index (χ1) is 11.2. The first kappa shape index (κ1) is 16.8. The van der Waals surface area contributed by atoms with Crippen LogP contribution in [0.2, 0.25) is 0 Å². The molecule has 2 aliphatic heterocycles. The van der Waals surface area contributed by atoms with Gasteiger partial charge in [0.15, 0.2) is 0 Å². The van der Waals surface area contributed by atoms with Crippen molar-refractivity contribution in [3.63, 3.8) is 0 Å². The SMILES string of the molecule is CCCc1nc(CF)sc1[C@@H]1CNCC1C(=O)N1CCCCC1. The Hall–Kier alpha value is -1.01. The zero-order valence-electron chi connectivity index (χ0n) is 13.8. The van der Waals surface area contributed by atoms with E-state index in [1.807, 2.05) is 4.90 Å². The number of aromatic nitrogens is 1. The Morgan fingerprint density at radius 1 is 1.35 bits per heavy atom. The van der Waals surface area contributed by atoms with Gasteiger partial charge in [-0.3, -0.25) is 4.79 Å². The Morgan fingerprint density at radius 2 is 2.13 bits per heavy atom. The topological polar surface area (TPSA) is 45.2 Å². The van der Waals surface area contributed by atoms with Crippen molar-refractivity contribution in [3.8, 4) is 0 Å². The van der Waals surface area contributed by atoms with Gasteiger partial charge in [0.25, 0.3) is 0 Å². The highest BCUT2D eigenvalue weighted by molar-refractivity contribution is 7.11. The van der Waals surface area contributed by atoms with Gasteiger partial charge in [-0.2, -0.15) is 0 Å². The number of nitrogens with one attached hydrogen (secondary N) is 1. The molecule has 2 atom stereocenters. The van der Waals surface area contributed by atoms with Crippen LogP contribution in [0.5, 0.6) is 0 Å². The molecule has 0 aliphatic carbocycles. The predicted molar refractivity (Wildman–Crippen MR) is 90.5 cm³/mol. The maximum atomic E-state index is 13.0. The van der Waals surface area contributed by atoms with Crippen LogP contribution < -0.4 is 5.32 Å². The third-order valence-electron chi connectivity index (χ3n) is 4.91. The maximum Gasteiger partial charge on any atom is 0.227 e. The maximum absolute atomic E-state index is 13.0. The average molecular weight is 339 g/mol. The summed E-state index contributed by atoms with van der Waals surface area (Å²) in [6.45, 7) is 4.92. The molecule has 1 aromatic rings. The van der Waals surface area contributed by atoms with E-state index in [0.29, 0.717) is 5.01 Å². The minimum Gasteiger partial charge on any atom is -0.342 e. The zero-order valence-corrected chi connectivity index (χ0v) is 14.6. The van der Waals surface area contributed by atoms with Crippen LogP contribution in [-0.2, 0) is 17.9 Å². The van der Waals surface area contributed by atoms with Crippen molar-refractivity contribution >= 4 is 17.2 Å². The summed E-state index contributed by atoms with van der Waals surface area (Å²) in [5.41, 5.74) is 1.01. The molecule has 1 unspecified atom stereocenters. The lowest BCUT2D eigenvalue weighted by Crippen LogP contribution is -2.41. The monoisotopic (exact) mass is 339 g/mol. The average Bonchev–Trinajstić information content (AvgIpc) is 3.21. The molecule has 2 fully saturated rings. The van der Waals surface area contributed by atoms with Crippen molar-refractivity contribution in [2.24, 2.45) is 5.92 Å². The third-order valence-corrected chi connectivity index (χ3v) is 6.10. The van der Waals surface area contributed by atoms with Crippen LogP contribution in [0.4, 0.5) is 4.39 Å². The number of nitrogens with zero attached hydrogens (tertiary/aromatic N) is 2. The van der Waals surface area contributed by atoms with Crippen LogP contribution in [0.15, 0.2) is 0 Å². The van der Waals surface area contributed by atoms with E-state index in [0.717, 1.165) is 62.4 Å². The van der Waals surface area contributed by atoms with Crippen LogP contribution in [-0.4, -0.2) is 42.0 Å². The fourth-order valence-electron chi connectivity index (χ4n) is 3.74. The van der Waals surface area contributed by atoms with Crippen LogP contribution >= 0.6 is 11.3 Å². The molecule has 0 bridgehead atoms. The van der Waals surface area contributed by atoms with Gasteiger partial charge < -0.3 is 10.2 Å². The molecule has 23 heavy (non-hydrogen) atoms. The van der Waals surface area contributed by atoms with E-state index in [1.165, 1.54) is 17.8 Å². The van der Waals surface area contributed by atoms with Crippen LogP contribution in [0.3, 0.4) is 0 Å². The highest BCUT2D eigenvalue weighted by Crippen LogP contribution is 2.36. The first-order valence-corrected chi connectivity index (χ1v) is 9.60. The molecule has 0 spiro atoms. The molecule has 1 amide bonds. The van der Waals surface area contributed by atoms with Crippen molar-refractivity contribution in [1.82, 2.24) is 15.2 Å². The normalized spacial score (nSPS) is 25.0. The van der Waals surface area contributed by atoms with Crippen molar-refractivity contribution in [3.05, 3.63) is 15.6 Å². The molecular formula is C17H26FN3OS. The Balaban J connectivity index is 1.80. The third kappa shape index (κ3) is 3.58. The largest absolute Gasteiger partial charge is 0.342 e. The fraction of sp³-hybridized carbons (Fsp3) is 0.765. The molecule has 2 aliphatic rings. The molecule has 0 radical (unpaired) electrons. The Kier molecular flexibility index (Phi) is 5.64. The number of aryl methyl sites for hydroxylation is 1. The lowest BCUT2D eigenvalue weighted by atomic mass is 9.91. The predicted octanol–water partition coefficient (Wildman–Crippen LogP) is 2.88. The highest BCUT2D eigenvalue weighted by Gasteiger charge is 2.38. The molecule has 3 rings (SSSR count). The van der Waals surface area contributed by atoms with Gasteiger partial charge in [-0.25, -0.2) is 9.37 Å². The number of thiazole rings is 1. The van der Waals surface area contributed by atoms with E-state index in [1.54, 1.807) is 0 Å². The van der Waals surface area contributed by atoms with Gasteiger partial charge in [-0.05, 0) is 25.7 Å². The van der Waals surface area contributed by atoms with Crippen molar-refractivity contribution in [2.75, 3.05) is 26.2 Å². The second-order valence-electron chi connectivity index (χ2n) is 6.56. The summed E-state index contributed by atoms with van der Waals surface area (Å²) < 4.78 is 13.0. The molecule has 0 saturated carbocycles. The lowest BCUT2D eigenvalue weighted by molar-refractivity contribution is -0.136. The number of amides is 1. The quantitative estimate of drug-likeness (QED) is 0.897. The second kappa shape index (κ2) is 7.71. The van der Waals surface area contributed by atoms with E-state index in [2.05, 4.69) is 17.2 Å². The number of likely N-dealkylation sites (tertiary alicyclic amines) is 1. The zero-order chi connectivity index (χ0) is 16.2. The number of carbonyl (C=O) groups excluding carboxylic acids is 1. The smallest absolute Gasteiger partial charge is 0.227 e. The highest BCUT2D eigenvalue weighted by atomic mass is 32.1. The van der Waals surface area contributed by atoms with Crippen molar-refractivity contribution < 1.29 is 9.18 Å². The van der Waals surface area contributed by atoms with E-state index < -0.39 is 6.67 Å². The van der Waals surface area contributed by atoms with Crippen molar-refractivity contribution in [2.45, 2.75) is 51.6 Å². The number of halogens is 1. The molecule has 1 aromatic heterocycles. The lowest BCUT2D eigenvalue weighted by Gasteiger charge is -2.30. The molecule has 128 valence electrons. The summed E-state index contributed by atoms with van der Waals surface area (Å²) in [4.78, 5) is 20.6. The fourth-order valence-corrected chi connectivity index (χ4v) is 4.87. The summed E-state index contributed by atoms with van der Waals surface area (Å²) in [6, 6.07) is 0. The van der Waals surface area contributed by atoms with E-state index in [-0.39, 0.29) is 17.7 Å². The minimum absolute atomic E-state index is 0.0170. The molecule has 4 nitrogen and oxygen atoms in total. The summed E-state index contributed by atoms with van der Waals surface area (Å²) in [5, 5.41) is 3.93. The molecule has 0 aromatic carbocycles. The Morgan fingerprint density at radius 3 is 2.83 bits per heavy atom. The number of hydrogen-bond donors (Lipinski definition) is 1. The summed E-state index contributed by atoms with van der Waals surface area (Å²) >= 11 is 1.47. The Labute approximate surface area is 141 Å². The van der Waals surface area contributed by atoms with E-state index >= 15 is 0 Å². The number of rotatable bonds is 5. The van der Waals surface area contributed by atoms with Gasteiger partial charge in [0.1, 0.15) is 11.7 Å². The number of carbonyl (C=O) groups is 1. The summed E-state index contributed by atoms with van der Waals surface area (Å²) in [7, 11) is 0. The molecule has 1 N–H and O–H groups in total. The number of hydrogen-bond acceptors (Lipinski definition) is 4. The second-order valence-corrected chi connectivity index (χ2v) is 7.67. The Bertz CT molecular complexity index is 542.